The Hall–Kier alpha value is 0.270. The zero-order valence-electron chi connectivity index (χ0n) is 11.8. The summed E-state index contributed by atoms with van der Waals surface area (Å²) in [4.78, 5) is 0. The van der Waals surface area contributed by atoms with Crippen LogP contribution in [0.25, 0.3) is 0 Å². The van der Waals surface area contributed by atoms with E-state index in [1.807, 2.05) is 0 Å². The Balaban J connectivity index is 1.56. The number of rotatable bonds is 6. The zero-order valence-corrected chi connectivity index (χ0v) is 12.7. The van der Waals surface area contributed by atoms with Crippen molar-refractivity contribution in [2.75, 3.05) is 19.4 Å². The van der Waals surface area contributed by atoms with Gasteiger partial charge in [-0.15, -0.1) is 0 Å². The second kappa shape index (κ2) is 4.99. The Morgan fingerprint density at radius 3 is 2.50 bits per heavy atom. The highest BCUT2D eigenvalue weighted by molar-refractivity contribution is 8.00. The van der Waals surface area contributed by atoms with Gasteiger partial charge < -0.3 is 10.1 Å². The number of hydrogen-bond acceptors (Lipinski definition) is 3. The molecule has 2 nitrogen and oxygen atoms in total. The molecule has 0 heterocycles. The van der Waals surface area contributed by atoms with Crippen molar-refractivity contribution in [3.05, 3.63) is 0 Å². The van der Waals surface area contributed by atoms with Crippen LogP contribution in [0.15, 0.2) is 0 Å². The van der Waals surface area contributed by atoms with Crippen LogP contribution in [0.1, 0.15) is 51.9 Å². The highest BCUT2D eigenvalue weighted by Gasteiger charge is 2.57. The number of thioether (sulfide) groups is 1. The predicted octanol–water partition coefficient (Wildman–Crippen LogP) is 3.21. The number of ether oxygens (including phenoxy) is 1. The second-order valence-electron chi connectivity index (χ2n) is 6.44. The Kier molecular flexibility index (Phi) is 3.68. The van der Waals surface area contributed by atoms with Crippen LogP contribution >= 0.6 is 11.8 Å². The smallest absolute Gasteiger partial charge is 0.0661 e. The first-order valence-corrected chi connectivity index (χ1v) is 8.87. The summed E-state index contributed by atoms with van der Waals surface area (Å²) in [6.07, 6.45) is 12.5. The van der Waals surface area contributed by atoms with E-state index in [0.717, 1.165) is 12.6 Å². The molecule has 1 N–H and O–H groups in total. The van der Waals surface area contributed by atoms with Gasteiger partial charge in [0.15, 0.2) is 0 Å². The van der Waals surface area contributed by atoms with Crippen LogP contribution in [0.5, 0.6) is 0 Å². The fourth-order valence-electron chi connectivity index (χ4n) is 4.07. The van der Waals surface area contributed by atoms with Gasteiger partial charge in [-0.2, -0.15) is 11.8 Å². The number of nitrogens with one attached hydrogen (secondary N) is 1. The highest BCUT2D eigenvalue weighted by Crippen LogP contribution is 2.55. The van der Waals surface area contributed by atoms with Crippen LogP contribution in [0.2, 0.25) is 0 Å². The van der Waals surface area contributed by atoms with Crippen molar-refractivity contribution in [1.29, 1.82) is 0 Å². The molecule has 2 unspecified atom stereocenters. The molecule has 3 aliphatic carbocycles. The van der Waals surface area contributed by atoms with Gasteiger partial charge in [-0.25, -0.2) is 0 Å². The Bertz CT molecular complexity index is 297. The lowest BCUT2D eigenvalue weighted by Crippen LogP contribution is -2.63. The van der Waals surface area contributed by atoms with Crippen LogP contribution < -0.4 is 5.32 Å². The molecule has 104 valence electrons. The molecular weight excluding hydrogens is 242 g/mol. The maximum atomic E-state index is 5.97. The molecule has 3 rings (SSSR count). The maximum Gasteiger partial charge on any atom is 0.0661 e. The summed E-state index contributed by atoms with van der Waals surface area (Å²) < 4.78 is 6.57. The summed E-state index contributed by atoms with van der Waals surface area (Å²) in [6.45, 7) is 4.24. The molecule has 0 saturated heterocycles. The van der Waals surface area contributed by atoms with E-state index in [2.05, 4.69) is 30.3 Å². The lowest BCUT2D eigenvalue weighted by Gasteiger charge is -2.54. The average molecular weight is 269 g/mol. The molecule has 0 aromatic carbocycles. The zero-order chi connectivity index (χ0) is 12.6. The van der Waals surface area contributed by atoms with E-state index in [0.29, 0.717) is 16.3 Å². The third-order valence-corrected chi connectivity index (χ3v) is 7.02. The van der Waals surface area contributed by atoms with Gasteiger partial charge in [0, 0.05) is 29.4 Å². The molecule has 18 heavy (non-hydrogen) atoms. The van der Waals surface area contributed by atoms with Crippen LogP contribution in [0.4, 0.5) is 0 Å². The monoisotopic (exact) mass is 269 g/mol. The lowest BCUT2D eigenvalue weighted by molar-refractivity contribution is -0.130. The maximum absolute atomic E-state index is 5.97. The summed E-state index contributed by atoms with van der Waals surface area (Å²) in [5.41, 5.74) is 0.504. The minimum atomic E-state index is 0.504. The van der Waals surface area contributed by atoms with Crippen molar-refractivity contribution in [3.8, 4) is 0 Å². The van der Waals surface area contributed by atoms with Crippen molar-refractivity contribution < 1.29 is 4.74 Å². The summed E-state index contributed by atoms with van der Waals surface area (Å²) >= 11 is 2.06. The standard InChI is InChI=1S/C15H27NOS/c1-3-17-13-10-12(15(13)6-4-5-7-15)16-11-14(18-2)8-9-14/h12-13,16H,3-11H2,1-2H3. The van der Waals surface area contributed by atoms with Gasteiger partial charge in [0.05, 0.1) is 6.10 Å². The quantitative estimate of drug-likeness (QED) is 0.800. The second-order valence-corrected chi connectivity index (χ2v) is 7.71. The Morgan fingerprint density at radius 1 is 1.22 bits per heavy atom. The topological polar surface area (TPSA) is 21.3 Å². The van der Waals surface area contributed by atoms with Crippen LogP contribution in [-0.2, 0) is 4.74 Å². The molecule has 2 atom stereocenters. The van der Waals surface area contributed by atoms with Crippen molar-refractivity contribution in [1.82, 2.24) is 5.32 Å². The van der Waals surface area contributed by atoms with Crippen molar-refractivity contribution in [2.24, 2.45) is 5.41 Å². The molecule has 3 saturated carbocycles. The third kappa shape index (κ3) is 2.12. The molecular formula is C15H27NOS. The SMILES string of the molecule is CCOC1CC(NCC2(SC)CC2)C12CCCC2. The molecule has 0 bridgehead atoms. The minimum Gasteiger partial charge on any atom is -0.378 e. The van der Waals surface area contributed by atoms with E-state index in [1.165, 1.54) is 51.5 Å². The van der Waals surface area contributed by atoms with Crippen LogP contribution in [0, 0.1) is 5.41 Å². The highest BCUT2D eigenvalue weighted by atomic mass is 32.2. The first kappa shape index (κ1) is 13.3. The Morgan fingerprint density at radius 2 is 1.94 bits per heavy atom. The molecule has 0 aromatic rings. The summed E-state index contributed by atoms with van der Waals surface area (Å²) in [7, 11) is 0. The third-order valence-electron chi connectivity index (χ3n) is 5.60. The molecule has 3 heteroatoms. The van der Waals surface area contributed by atoms with Crippen LogP contribution in [-0.4, -0.2) is 36.3 Å². The van der Waals surface area contributed by atoms with E-state index in [4.69, 9.17) is 4.74 Å². The van der Waals surface area contributed by atoms with E-state index < -0.39 is 0 Å². The first-order chi connectivity index (χ1) is 8.75. The molecule has 0 radical (unpaired) electrons. The van der Waals surface area contributed by atoms with E-state index in [-0.39, 0.29) is 0 Å². The van der Waals surface area contributed by atoms with Gasteiger partial charge in [0.25, 0.3) is 0 Å². The fraction of sp³-hybridized carbons (Fsp3) is 1.00. The van der Waals surface area contributed by atoms with Gasteiger partial charge in [-0.05, 0) is 45.3 Å². The van der Waals surface area contributed by atoms with E-state index in [1.54, 1.807) is 0 Å². The predicted molar refractivity (Wildman–Crippen MR) is 78.2 cm³/mol. The first-order valence-electron chi connectivity index (χ1n) is 7.65. The van der Waals surface area contributed by atoms with E-state index >= 15 is 0 Å². The normalized spacial score (nSPS) is 35.7. The van der Waals surface area contributed by atoms with E-state index in [9.17, 15) is 0 Å². The van der Waals surface area contributed by atoms with Crippen molar-refractivity contribution in [2.45, 2.75) is 68.8 Å². The summed E-state index contributed by atoms with van der Waals surface area (Å²) in [5, 5.41) is 3.89. The van der Waals surface area contributed by atoms with Crippen molar-refractivity contribution >= 4 is 11.8 Å². The number of hydrogen-bond donors (Lipinski definition) is 1. The molecule has 3 fully saturated rings. The molecule has 0 aromatic heterocycles. The summed E-state index contributed by atoms with van der Waals surface area (Å²) in [5.74, 6) is 0. The van der Waals surface area contributed by atoms with Crippen molar-refractivity contribution in [3.63, 3.8) is 0 Å². The van der Waals surface area contributed by atoms with Gasteiger partial charge in [0.1, 0.15) is 0 Å². The molecule has 0 amide bonds. The Labute approximate surface area is 116 Å². The molecule has 0 aliphatic heterocycles. The lowest BCUT2D eigenvalue weighted by atomic mass is 9.60. The molecule has 3 aliphatic rings. The fourth-order valence-corrected chi connectivity index (χ4v) is 4.81. The van der Waals surface area contributed by atoms with Gasteiger partial charge in [-0.3, -0.25) is 0 Å². The summed E-state index contributed by atoms with van der Waals surface area (Å²) in [6, 6.07) is 0.737. The van der Waals surface area contributed by atoms with Crippen LogP contribution in [0.3, 0.4) is 0 Å². The largest absolute Gasteiger partial charge is 0.378 e. The molecule has 1 spiro atoms. The minimum absolute atomic E-state index is 0.504. The van der Waals surface area contributed by atoms with Gasteiger partial charge in [-0.1, -0.05) is 12.8 Å². The van der Waals surface area contributed by atoms with Gasteiger partial charge in [0.2, 0.25) is 0 Å². The van der Waals surface area contributed by atoms with Gasteiger partial charge >= 0.3 is 0 Å². The average Bonchev–Trinajstić information content (AvgIpc) is 2.97.